The van der Waals surface area contributed by atoms with Crippen LogP contribution in [0.25, 0.3) is 0 Å². The van der Waals surface area contributed by atoms with E-state index in [0.29, 0.717) is 18.1 Å². The first kappa shape index (κ1) is 12.6. The second kappa shape index (κ2) is 4.43. The Morgan fingerprint density at radius 1 is 1.16 bits per heavy atom. The van der Waals surface area contributed by atoms with E-state index >= 15 is 0 Å². The van der Waals surface area contributed by atoms with E-state index in [4.69, 9.17) is 0 Å². The fourth-order valence-corrected chi connectivity index (χ4v) is 6.57. The van der Waals surface area contributed by atoms with Crippen molar-refractivity contribution in [2.45, 2.75) is 37.8 Å². The fourth-order valence-electron chi connectivity index (χ4n) is 5.08. The number of hydrogen-bond acceptors (Lipinski definition) is 4. The van der Waals surface area contributed by atoms with Gasteiger partial charge >= 0.3 is 0 Å². The van der Waals surface area contributed by atoms with Gasteiger partial charge in [0, 0.05) is 18.6 Å². The van der Waals surface area contributed by atoms with Crippen LogP contribution < -0.4 is 10.6 Å². The molecule has 0 spiro atoms. The minimum absolute atomic E-state index is 0.168. The zero-order chi connectivity index (χ0) is 13.0. The van der Waals surface area contributed by atoms with E-state index in [2.05, 4.69) is 10.6 Å². The topological polar surface area (TPSA) is 58.2 Å². The van der Waals surface area contributed by atoms with Gasteiger partial charge in [0.2, 0.25) is 0 Å². The van der Waals surface area contributed by atoms with Crippen LogP contribution in [0.3, 0.4) is 0 Å². The van der Waals surface area contributed by atoms with Crippen LogP contribution in [-0.4, -0.2) is 45.1 Å². The summed E-state index contributed by atoms with van der Waals surface area (Å²) in [4.78, 5) is 0. The molecule has 1 aliphatic heterocycles. The Kier molecular flexibility index (Phi) is 2.94. The molecule has 1 heterocycles. The minimum Gasteiger partial charge on any atom is -0.313 e. The van der Waals surface area contributed by atoms with Gasteiger partial charge in [-0.1, -0.05) is 0 Å². The molecule has 0 aromatic rings. The van der Waals surface area contributed by atoms with E-state index in [9.17, 15) is 8.42 Å². The molecule has 4 rings (SSSR count). The highest BCUT2D eigenvalue weighted by atomic mass is 32.2. The maximum absolute atomic E-state index is 11.6. The van der Waals surface area contributed by atoms with Crippen molar-refractivity contribution in [1.82, 2.24) is 10.6 Å². The van der Waals surface area contributed by atoms with Gasteiger partial charge in [-0.05, 0) is 55.9 Å². The lowest BCUT2D eigenvalue weighted by molar-refractivity contribution is 0.435. The van der Waals surface area contributed by atoms with E-state index in [1.165, 1.54) is 19.3 Å². The van der Waals surface area contributed by atoms with Crippen molar-refractivity contribution in [3.8, 4) is 0 Å². The molecule has 0 aromatic carbocycles. The molecule has 0 amide bonds. The zero-order valence-corrected chi connectivity index (χ0v) is 12.2. The van der Waals surface area contributed by atoms with Crippen LogP contribution in [-0.2, 0) is 9.84 Å². The van der Waals surface area contributed by atoms with Gasteiger partial charge in [-0.3, -0.25) is 0 Å². The summed E-state index contributed by atoms with van der Waals surface area (Å²) in [5, 5.41) is 7.03. The molecular formula is C14H24N2O2S. The second-order valence-corrected chi connectivity index (χ2v) is 9.25. The van der Waals surface area contributed by atoms with E-state index < -0.39 is 9.84 Å². The predicted molar refractivity (Wildman–Crippen MR) is 74.7 cm³/mol. The number of fused-ring (bicyclic) bond motifs is 5. The molecule has 0 aromatic heterocycles. The van der Waals surface area contributed by atoms with Gasteiger partial charge in [-0.2, -0.15) is 0 Å². The smallest absolute Gasteiger partial charge is 0.153 e. The maximum Gasteiger partial charge on any atom is 0.153 e. The van der Waals surface area contributed by atoms with Gasteiger partial charge in [0.1, 0.15) is 0 Å². The number of sulfone groups is 1. The van der Waals surface area contributed by atoms with Crippen LogP contribution >= 0.6 is 0 Å². The van der Waals surface area contributed by atoms with Crippen LogP contribution in [0.15, 0.2) is 0 Å². The Morgan fingerprint density at radius 2 is 1.89 bits per heavy atom. The third kappa shape index (κ3) is 2.24. The Bertz CT molecular complexity index is 448. The summed E-state index contributed by atoms with van der Waals surface area (Å²) in [6.07, 6.45) is 5.37. The highest BCUT2D eigenvalue weighted by Gasteiger charge is 2.64. The van der Waals surface area contributed by atoms with Crippen molar-refractivity contribution in [1.29, 1.82) is 0 Å². The molecule has 3 saturated carbocycles. The maximum atomic E-state index is 11.6. The SMILES string of the molecule is O=S1(=O)CCNC(CCNC2C3C4CCC(C4)C23)C1. The van der Waals surface area contributed by atoms with Crippen molar-refractivity contribution < 1.29 is 8.42 Å². The first-order valence-electron chi connectivity index (χ1n) is 7.81. The molecular weight excluding hydrogens is 260 g/mol. The third-order valence-electron chi connectivity index (χ3n) is 5.91. The monoisotopic (exact) mass is 284 g/mol. The van der Waals surface area contributed by atoms with Crippen LogP contribution in [0, 0.1) is 23.7 Å². The van der Waals surface area contributed by atoms with E-state index in [0.717, 1.165) is 42.7 Å². The van der Waals surface area contributed by atoms with Crippen LogP contribution in [0.4, 0.5) is 0 Å². The molecule has 108 valence electrons. The number of nitrogens with one attached hydrogen (secondary N) is 2. The fraction of sp³-hybridized carbons (Fsp3) is 1.00. The van der Waals surface area contributed by atoms with Gasteiger partial charge in [-0.25, -0.2) is 8.42 Å². The first-order valence-corrected chi connectivity index (χ1v) is 9.63. The normalized spacial score (nSPS) is 50.1. The molecule has 5 atom stereocenters. The van der Waals surface area contributed by atoms with Gasteiger partial charge in [0.05, 0.1) is 11.5 Å². The highest BCUT2D eigenvalue weighted by molar-refractivity contribution is 7.91. The van der Waals surface area contributed by atoms with Gasteiger partial charge < -0.3 is 10.6 Å². The Balaban J connectivity index is 1.23. The van der Waals surface area contributed by atoms with Gasteiger partial charge in [0.15, 0.2) is 9.84 Å². The molecule has 4 aliphatic rings. The third-order valence-corrected chi connectivity index (χ3v) is 7.65. The predicted octanol–water partition coefficient (Wildman–Crippen LogP) is 0.397. The second-order valence-electron chi connectivity index (χ2n) is 7.02. The number of rotatable bonds is 4. The Hall–Kier alpha value is -0.130. The number of hydrogen-bond donors (Lipinski definition) is 2. The Labute approximate surface area is 115 Å². The lowest BCUT2D eigenvalue weighted by atomic mass is 10.0. The lowest BCUT2D eigenvalue weighted by Gasteiger charge is -2.24. The zero-order valence-electron chi connectivity index (χ0n) is 11.3. The average molecular weight is 284 g/mol. The molecule has 19 heavy (non-hydrogen) atoms. The Morgan fingerprint density at radius 3 is 2.58 bits per heavy atom. The summed E-state index contributed by atoms with van der Waals surface area (Å²) in [7, 11) is -2.78. The van der Waals surface area contributed by atoms with Crippen molar-refractivity contribution in [2.75, 3.05) is 24.6 Å². The van der Waals surface area contributed by atoms with Crippen molar-refractivity contribution >= 4 is 9.84 Å². The van der Waals surface area contributed by atoms with Gasteiger partial charge in [0.25, 0.3) is 0 Å². The highest BCUT2D eigenvalue weighted by Crippen LogP contribution is 2.65. The van der Waals surface area contributed by atoms with Gasteiger partial charge in [-0.15, -0.1) is 0 Å². The minimum atomic E-state index is -2.78. The summed E-state index contributed by atoms with van der Waals surface area (Å²) in [6.45, 7) is 1.61. The molecule has 5 unspecified atom stereocenters. The summed E-state index contributed by atoms with van der Waals surface area (Å²) >= 11 is 0. The molecule has 2 bridgehead atoms. The summed E-state index contributed by atoms with van der Waals surface area (Å²) < 4.78 is 23.1. The molecule has 2 N–H and O–H groups in total. The quantitative estimate of drug-likeness (QED) is 0.784. The van der Waals surface area contributed by atoms with Crippen LogP contribution in [0.1, 0.15) is 25.7 Å². The molecule has 1 saturated heterocycles. The van der Waals surface area contributed by atoms with Crippen molar-refractivity contribution in [2.24, 2.45) is 23.7 Å². The average Bonchev–Trinajstić information content (AvgIpc) is 2.76. The first-order chi connectivity index (χ1) is 9.14. The molecule has 5 heteroatoms. The summed E-state index contributed by atoms with van der Waals surface area (Å²) in [6, 6.07) is 0.938. The standard InChI is InChI=1S/C14H24N2O2S/c17-19(18)6-5-15-11(8-19)3-4-16-14-12-9-1-2-10(7-9)13(12)14/h9-16H,1-8H2. The van der Waals surface area contributed by atoms with Crippen LogP contribution in [0.5, 0.6) is 0 Å². The lowest BCUT2D eigenvalue weighted by Crippen LogP contribution is -2.46. The molecule has 4 nitrogen and oxygen atoms in total. The summed E-state index contributed by atoms with van der Waals surface area (Å²) in [5.41, 5.74) is 0. The van der Waals surface area contributed by atoms with Crippen molar-refractivity contribution in [3.05, 3.63) is 0 Å². The largest absolute Gasteiger partial charge is 0.313 e. The molecule has 4 fully saturated rings. The molecule has 3 aliphatic carbocycles. The van der Waals surface area contributed by atoms with Crippen LogP contribution in [0.2, 0.25) is 0 Å². The summed E-state index contributed by atoms with van der Waals surface area (Å²) in [5.74, 6) is 4.62. The van der Waals surface area contributed by atoms with E-state index in [-0.39, 0.29) is 6.04 Å². The van der Waals surface area contributed by atoms with E-state index in [1.807, 2.05) is 0 Å². The molecule has 0 radical (unpaired) electrons. The van der Waals surface area contributed by atoms with Crippen molar-refractivity contribution in [3.63, 3.8) is 0 Å². The van der Waals surface area contributed by atoms with E-state index in [1.54, 1.807) is 0 Å².